The summed E-state index contributed by atoms with van der Waals surface area (Å²) in [5.41, 5.74) is 0. The van der Waals surface area contributed by atoms with Gasteiger partial charge in [0.25, 0.3) is 0 Å². The Bertz CT molecular complexity index is 98.7. The third-order valence-electron chi connectivity index (χ3n) is 0.724. The zero-order chi connectivity index (χ0) is 4.41. The Morgan fingerprint density at radius 3 is 2.67 bits per heavy atom. The molecule has 0 saturated heterocycles. The molecule has 0 aliphatic carbocycles. The number of aromatic amines is 1. The average molecular weight is 85.1 g/mol. The van der Waals surface area contributed by atoms with Gasteiger partial charge in [0.05, 0.1) is 0 Å². The van der Waals surface area contributed by atoms with Gasteiger partial charge in [0.1, 0.15) is 6.33 Å². The van der Waals surface area contributed by atoms with E-state index in [0.29, 0.717) is 0 Å². The normalized spacial score (nSPS) is 9.50. The second-order valence-corrected chi connectivity index (χ2v) is 1.13. The summed E-state index contributed by atoms with van der Waals surface area (Å²) < 4.78 is 1.89. The Kier molecular flexibility index (Phi) is 0.670. The molecule has 0 fully saturated rings. The minimum atomic E-state index is 0.990. The summed E-state index contributed by atoms with van der Waals surface area (Å²) in [6, 6.07) is 0. The largest absolute Gasteiger partial charge is 0.260 e. The summed E-state index contributed by atoms with van der Waals surface area (Å²) in [5, 5.41) is 6.32. The Morgan fingerprint density at radius 2 is 2.67 bits per heavy atom. The molecule has 1 rings (SSSR count). The number of H-pyrrole nitrogens is 1. The van der Waals surface area contributed by atoms with Gasteiger partial charge in [0.2, 0.25) is 0 Å². The van der Waals surface area contributed by atoms with Crippen molar-refractivity contribution in [1.29, 1.82) is 0 Å². The second kappa shape index (κ2) is 1.16. The van der Waals surface area contributed by atoms with Crippen molar-refractivity contribution in [3.05, 3.63) is 6.33 Å². The molecule has 34 valence electrons. The summed E-state index contributed by atoms with van der Waals surface area (Å²) in [4.78, 5) is 0. The molecule has 0 spiro atoms. The lowest BCUT2D eigenvalue weighted by atomic mass is 10.8. The Balaban J connectivity index is 2.51. The fraction of sp³-hybridized carbons (Fsp3) is 0.667. The lowest BCUT2D eigenvalue weighted by Gasteiger charge is -2.00. The van der Waals surface area contributed by atoms with Crippen molar-refractivity contribution >= 4 is 0 Å². The first-order chi connectivity index (χ1) is 2.93. The fourth-order valence-corrected chi connectivity index (χ4v) is 0.292. The van der Waals surface area contributed by atoms with Gasteiger partial charge >= 0.3 is 0 Å². The van der Waals surface area contributed by atoms with E-state index in [1.54, 1.807) is 6.33 Å². The van der Waals surface area contributed by atoms with Crippen LogP contribution in [-0.4, -0.2) is 15.0 Å². The molecule has 0 bridgehead atoms. The van der Waals surface area contributed by atoms with Gasteiger partial charge < -0.3 is 0 Å². The van der Waals surface area contributed by atoms with E-state index in [1.165, 1.54) is 0 Å². The van der Waals surface area contributed by atoms with Crippen molar-refractivity contribution in [2.75, 3.05) is 0 Å². The van der Waals surface area contributed by atoms with Crippen molar-refractivity contribution in [2.24, 2.45) is 0 Å². The van der Waals surface area contributed by atoms with E-state index in [9.17, 15) is 0 Å². The quantitative estimate of drug-likeness (QED) is 0.520. The molecule has 0 aliphatic heterocycles. The van der Waals surface area contributed by atoms with E-state index < -0.39 is 0 Å². The maximum absolute atomic E-state index is 3.62. The molecule has 0 aromatic carbocycles. The molecule has 0 saturated carbocycles. The number of aryl methyl sites for hydroxylation is 1. The monoisotopic (exact) mass is 85.1 g/mol. The molecule has 1 aromatic rings. The smallest absolute Gasteiger partial charge is 0.133 e. The molecular weight excluding hydrogens is 78.1 g/mol. The van der Waals surface area contributed by atoms with Crippen LogP contribution in [-0.2, 0) is 6.54 Å². The fourth-order valence-electron chi connectivity index (χ4n) is 0.292. The zero-order valence-electron chi connectivity index (χ0n) is 3.68. The maximum atomic E-state index is 3.62. The molecule has 1 N–H and O–H groups in total. The highest BCUT2D eigenvalue weighted by Gasteiger charge is 1.78. The molecule has 1 heterocycles. The minimum absolute atomic E-state index is 0.990. The topological polar surface area (TPSA) is 33.6 Å². The first-order valence-corrected chi connectivity index (χ1v) is 1.99. The molecule has 6 heavy (non-hydrogen) atoms. The number of aromatic nitrogens is 3. The average Bonchev–Trinajstić information content (AvgIpc) is 1.31. The number of hydrogen-bond donors (Lipinski definition) is 1. The van der Waals surface area contributed by atoms with Crippen LogP contribution < -0.4 is 0 Å². The van der Waals surface area contributed by atoms with Gasteiger partial charge in [-0.3, -0.25) is 4.68 Å². The van der Waals surface area contributed by atoms with Crippen molar-refractivity contribution < 1.29 is 0 Å². The van der Waals surface area contributed by atoms with Crippen molar-refractivity contribution in [3.63, 3.8) is 0 Å². The highest BCUT2D eigenvalue weighted by Crippen LogP contribution is 1.73. The van der Waals surface area contributed by atoms with Crippen LogP contribution in [0.2, 0.25) is 0 Å². The van der Waals surface area contributed by atoms with Crippen LogP contribution in [0.3, 0.4) is 0 Å². The van der Waals surface area contributed by atoms with Crippen LogP contribution in [0.5, 0.6) is 0 Å². The summed E-state index contributed by atoms with van der Waals surface area (Å²) in [7, 11) is 0. The predicted molar refractivity (Wildman–Crippen MR) is 22.3 cm³/mol. The van der Waals surface area contributed by atoms with Gasteiger partial charge in [-0.1, -0.05) is 0 Å². The van der Waals surface area contributed by atoms with E-state index in [4.69, 9.17) is 0 Å². The molecule has 0 unspecified atom stereocenters. The van der Waals surface area contributed by atoms with Crippen LogP contribution in [0.25, 0.3) is 0 Å². The Hall–Kier alpha value is -0.730. The predicted octanol–water partition coefficient (Wildman–Crippen LogP) is 0.231. The number of nitrogens with zero attached hydrogens (tertiary/aromatic N) is 2. The SMILES string of the molecule is CCn1cn[nH]1. The highest BCUT2D eigenvalue weighted by atomic mass is 15.5. The Labute approximate surface area is 35.9 Å². The van der Waals surface area contributed by atoms with E-state index in [0.717, 1.165) is 6.54 Å². The van der Waals surface area contributed by atoms with Gasteiger partial charge in [0.15, 0.2) is 0 Å². The molecule has 3 heteroatoms. The van der Waals surface area contributed by atoms with E-state index in [2.05, 4.69) is 17.2 Å². The number of nitrogens with one attached hydrogen (secondary N) is 1. The van der Waals surface area contributed by atoms with E-state index >= 15 is 0 Å². The second-order valence-electron chi connectivity index (χ2n) is 1.13. The molecule has 0 atom stereocenters. The summed E-state index contributed by atoms with van der Waals surface area (Å²) >= 11 is 0. The number of hydrogen-bond acceptors (Lipinski definition) is 1. The van der Waals surface area contributed by atoms with Gasteiger partial charge in [-0.2, -0.15) is 0 Å². The standard InChI is InChI=1S/C3H7N3/c1-2-6-3-4-5-6/h3,5H,2H2,1H3. The van der Waals surface area contributed by atoms with Crippen molar-refractivity contribution in [2.45, 2.75) is 13.5 Å². The van der Waals surface area contributed by atoms with Crippen LogP contribution >= 0.6 is 0 Å². The first-order valence-electron chi connectivity index (χ1n) is 1.99. The van der Waals surface area contributed by atoms with Crippen molar-refractivity contribution in [1.82, 2.24) is 15.0 Å². The van der Waals surface area contributed by atoms with E-state index in [-0.39, 0.29) is 0 Å². The van der Waals surface area contributed by atoms with Crippen molar-refractivity contribution in [3.8, 4) is 0 Å². The first kappa shape index (κ1) is 3.46. The van der Waals surface area contributed by atoms with Gasteiger partial charge in [-0.25, -0.2) is 5.21 Å². The summed E-state index contributed by atoms with van der Waals surface area (Å²) in [6.07, 6.45) is 1.75. The lowest BCUT2D eigenvalue weighted by molar-refractivity contribution is 0.516. The molecule has 0 amide bonds. The number of rotatable bonds is 1. The maximum Gasteiger partial charge on any atom is 0.133 e. The zero-order valence-corrected chi connectivity index (χ0v) is 3.68. The minimum Gasteiger partial charge on any atom is -0.260 e. The molecule has 0 radical (unpaired) electrons. The third kappa shape index (κ3) is 0.319. The molecule has 3 nitrogen and oxygen atoms in total. The molecular formula is C3H7N3. The Morgan fingerprint density at radius 1 is 2.00 bits per heavy atom. The van der Waals surface area contributed by atoms with Crippen LogP contribution in [0.1, 0.15) is 6.92 Å². The van der Waals surface area contributed by atoms with Crippen LogP contribution in [0, 0.1) is 0 Å². The van der Waals surface area contributed by atoms with Gasteiger partial charge in [0, 0.05) is 6.54 Å². The third-order valence-corrected chi connectivity index (χ3v) is 0.724. The molecule has 1 aromatic heterocycles. The summed E-state index contributed by atoms with van der Waals surface area (Å²) in [6.45, 7) is 3.04. The van der Waals surface area contributed by atoms with E-state index in [1.807, 2.05) is 4.68 Å². The van der Waals surface area contributed by atoms with Crippen LogP contribution in [0.15, 0.2) is 6.33 Å². The molecule has 0 aliphatic rings. The van der Waals surface area contributed by atoms with Crippen LogP contribution in [0.4, 0.5) is 0 Å². The van der Waals surface area contributed by atoms with Gasteiger partial charge in [-0.05, 0) is 6.92 Å². The lowest BCUT2D eigenvalue weighted by Crippen LogP contribution is -2.07. The van der Waals surface area contributed by atoms with Gasteiger partial charge in [-0.15, -0.1) is 5.10 Å². The summed E-state index contributed by atoms with van der Waals surface area (Å²) in [5.74, 6) is 0. The highest BCUT2D eigenvalue weighted by molar-refractivity contribution is 4.44.